The lowest BCUT2D eigenvalue weighted by molar-refractivity contribution is 0.266. The molecule has 0 aromatic carbocycles. The molecule has 0 aliphatic carbocycles. The second-order valence-electron chi connectivity index (χ2n) is 3.11. The summed E-state index contributed by atoms with van der Waals surface area (Å²) in [5, 5.41) is 8.78. The molecule has 0 radical (unpaired) electrons. The monoisotopic (exact) mass is 230 g/mol. The van der Waals surface area contributed by atoms with Gasteiger partial charge in [-0.1, -0.05) is 6.92 Å². The van der Waals surface area contributed by atoms with E-state index in [-0.39, 0.29) is 17.3 Å². The molecule has 0 saturated heterocycles. The van der Waals surface area contributed by atoms with Crippen LogP contribution in [-0.4, -0.2) is 30.9 Å². The van der Waals surface area contributed by atoms with Crippen molar-refractivity contribution in [2.75, 3.05) is 12.4 Å². The Morgan fingerprint density at radius 2 is 2.20 bits per heavy atom. The number of hydrogen-bond donors (Lipinski definition) is 2. The summed E-state index contributed by atoms with van der Waals surface area (Å²) >= 11 is 0. The van der Waals surface area contributed by atoms with Crippen molar-refractivity contribution >= 4 is 9.84 Å². The van der Waals surface area contributed by atoms with Crippen molar-refractivity contribution in [3.8, 4) is 0 Å². The predicted octanol–water partition coefficient (Wildman–Crippen LogP) is -0.133. The van der Waals surface area contributed by atoms with Gasteiger partial charge in [-0.25, -0.2) is 8.42 Å². The first-order valence-electron chi connectivity index (χ1n) is 4.56. The van der Waals surface area contributed by atoms with Crippen molar-refractivity contribution in [2.45, 2.75) is 17.9 Å². The highest BCUT2D eigenvalue weighted by atomic mass is 32.2. The standard InChI is InChI=1S/C9H14N2O3S/c1-2-15(13,14)7-3-4-9(11-5-7)8(10)6-12/h3-5,8,12H,2,6,10H2,1H3/t8-/m0/s1. The maximum Gasteiger partial charge on any atom is 0.179 e. The largest absolute Gasteiger partial charge is 0.394 e. The minimum Gasteiger partial charge on any atom is -0.394 e. The first-order valence-corrected chi connectivity index (χ1v) is 6.21. The summed E-state index contributed by atoms with van der Waals surface area (Å²) in [7, 11) is -3.21. The van der Waals surface area contributed by atoms with Crippen LogP contribution in [0.2, 0.25) is 0 Å². The van der Waals surface area contributed by atoms with Crippen LogP contribution in [0.4, 0.5) is 0 Å². The Hall–Kier alpha value is -0.980. The summed E-state index contributed by atoms with van der Waals surface area (Å²) in [6.07, 6.45) is 1.27. The molecular weight excluding hydrogens is 216 g/mol. The zero-order chi connectivity index (χ0) is 11.5. The summed E-state index contributed by atoms with van der Waals surface area (Å²) in [6.45, 7) is 1.36. The summed E-state index contributed by atoms with van der Waals surface area (Å²) in [5.74, 6) is 0.0417. The van der Waals surface area contributed by atoms with Gasteiger partial charge in [0.2, 0.25) is 0 Å². The fourth-order valence-corrected chi connectivity index (χ4v) is 1.88. The summed E-state index contributed by atoms with van der Waals surface area (Å²) < 4.78 is 22.9. The van der Waals surface area contributed by atoms with E-state index >= 15 is 0 Å². The Bertz CT molecular complexity index is 413. The number of aliphatic hydroxyl groups excluding tert-OH is 1. The minimum absolute atomic E-state index is 0.0417. The van der Waals surface area contributed by atoms with Gasteiger partial charge in [0.1, 0.15) is 0 Å². The SMILES string of the molecule is CCS(=O)(=O)c1ccc([C@@H](N)CO)nc1. The fourth-order valence-electron chi connectivity index (χ4n) is 1.06. The van der Waals surface area contributed by atoms with Crippen LogP contribution in [0.15, 0.2) is 23.2 Å². The van der Waals surface area contributed by atoms with Gasteiger partial charge in [-0.15, -0.1) is 0 Å². The molecule has 1 aromatic rings. The third-order valence-corrected chi connectivity index (χ3v) is 3.79. The molecule has 1 rings (SSSR count). The molecule has 5 nitrogen and oxygen atoms in total. The third kappa shape index (κ3) is 2.74. The lowest BCUT2D eigenvalue weighted by Gasteiger charge is -2.07. The number of aliphatic hydroxyl groups is 1. The van der Waals surface area contributed by atoms with Gasteiger partial charge in [0.25, 0.3) is 0 Å². The zero-order valence-corrected chi connectivity index (χ0v) is 9.24. The van der Waals surface area contributed by atoms with Gasteiger partial charge in [-0.05, 0) is 12.1 Å². The van der Waals surface area contributed by atoms with Crippen LogP contribution in [0.1, 0.15) is 18.7 Å². The van der Waals surface area contributed by atoms with E-state index in [0.29, 0.717) is 5.69 Å². The van der Waals surface area contributed by atoms with Gasteiger partial charge in [0, 0.05) is 6.20 Å². The second-order valence-corrected chi connectivity index (χ2v) is 5.39. The molecule has 1 aromatic heterocycles. The minimum atomic E-state index is -3.21. The highest BCUT2D eigenvalue weighted by Gasteiger charge is 2.13. The molecule has 0 spiro atoms. The molecule has 6 heteroatoms. The molecule has 0 unspecified atom stereocenters. The Morgan fingerprint density at radius 1 is 1.53 bits per heavy atom. The van der Waals surface area contributed by atoms with E-state index in [9.17, 15) is 8.42 Å². The van der Waals surface area contributed by atoms with E-state index in [1.54, 1.807) is 6.92 Å². The Balaban J connectivity index is 3.00. The molecule has 0 amide bonds. The second kappa shape index (κ2) is 4.69. The molecular formula is C9H14N2O3S. The molecule has 0 bridgehead atoms. The van der Waals surface area contributed by atoms with Crippen molar-refractivity contribution in [2.24, 2.45) is 5.73 Å². The number of aromatic nitrogens is 1. The van der Waals surface area contributed by atoms with Crippen LogP contribution in [-0.2, 0) is 9.84 Å². The first kappa shape index (κ1) is 12.1. The average molecular weight is 230 g/mol. The highest BCUT2D eigenvalue weighted by Crippen LogP contribution is 2.12. The topological polar surface area (TPSA) is 93.3 Å². The van der Waals surface area contributed by atoms with Crippen molar-refractivity contribution in [3.05, 3.63) is 24.0 Å². The predicted molar refractivity (Wildman–Crippen MR) is 56.0 cm³/mol. The zero-order valence-electron chi connectivity index (χ0n) is 8.42. The third-order valence-electron chi connectivity index (χ3n) is 2.07. The van der Waals surface area contributed by atoms with Crippen LogP contribution >= 0.6 is 0 Å². The lowest BCUT2D eigenvalue weighted by atomic mass is 10.2. The van der Waals surface area contributed by atoms with Gasteiger partial charge in [-0.3, -0.25) is 4.98 Å². The lowest BCUT2D eigenvalue weighted by Crippen LogP contribution is -2.16. The maximum absolute atomic E-state index is 11.4. The Morgan fingerprint density at radius 3 is 2.60 bits per heavy atom. The summed E-state index contributed by atoms with van der Waals surface area (Å²) in [5.41, 5.74) is 6.00. The number of nitrogens with two attached hydrogens (primary N) is 1. The van der Waals surface area contributed by atoms with Crippen LogP contribution in [0.3, 0.4) is 0 Å². The summed E-state index contributed by atoms with van der Waals surface area (Å²) in [4.78, 5) is 4.08. The van der Waals surface area contributed by atoms with E-state index in [1.807, 2.05) is 0 Å². The summed E-state index contributed by atoms with van der Waals surface area (Å²) in [6, 6.07) is 2.41. The van der Waals surface area contributed by atoms with E-state index in [2.05, 4.69) is 4.98 Å². The molecule has 0 saturated carbocycles. The van der Waals surface area contributed by atoms with E-state index in [1.165, 1.54) is 18.3 Å². The van der Waals surface area contributed by atoms with Gasteiger partial charge < -0.3 is 10.8 Å². The van der Waals surface area contributed by atoms with Crippen molar-refractivity contribution in [1.82, 2.24) is 4.98 Å². The Labute approximate surface area is 88.9 Å². The molecule has 1 heterocycles. The molecule has 3 N–H and O–H groups in total. The fraction of sp³-hybridized carbons (Fsp3) is 0.444. The number of hydrogen-bond acceptors (Lipinski definition) is 5. The maximum atomic E-state index is 11.4. The quantitative estimate of drug-likeness (QED) is 0.751. The number of sulfone groups is 1. The van der Waals surface area contributed by atoms with Gasteiger partial charge >= 0.3 is 0 Å². The number of pyridine rings is 1. The van der Waals surface area contributed by atoms with E-state index < -0.39 is 15.9 Å². The van der Waals surface area contributed by atoms with Gasteiger partial charge in [0.15, 0.2) is 9.84 Å². The van der Waals surface area contributed by atoms with Crippen LogP contribution in [0.25, 0.3) is 0 Å². The van der Waals surface area contributed by atoms with Crippen molar-refractivity contribution in [1.29, 1.82) is 0 Å². The van der Waals surface area contributed by atoms with Gasteiger partial charge in [-0.2, -0.15) is 0 Å². The smallest absolute Gasteiger partial charge is 0.179 e. The van der Waals surface area contributed by atoms with Crippen molar-refractivity contribution in [3.63, 3.8) is 0 Å². The molecule has 0 fully saturated rings. The van der Waals surface area contributed by atoms with Gasteiger partial charge in [0.05, 0.1) is 29.0 Å². The molecule has 84 valence electrons. The normalized spacial score (nSPS) is 13.8. The number of rotatable bonds is 4. The van der Waals surface area contributed by atoms with Crippen LogP contribution in [0, 0.1) is 0 Å². The molecule has 0 aliphatic heterocycles. The highest BCUT2D eigenvalue weighted by molar-refractivity contribution is 7.91. The Kier molecular flexibility index (Phi) is 3.78. The molecule has 0 aliphatic rings. The van der Waals surface area contributed by atoms with E-state index in [0.717, 1.165) is 0 Å². The van der Waals surface area contributed by atoms with Crippen LogP contribution in [0.5, 0.6) is 0 Å². The van der Waals surface area contributed by atoms with Crippen LogP contribution < -0.4 is 5.73 Å². The average Bonchev–Trinajstić information content (AvgIpc) is 2.28. The number of nitrogens with zero attached hydrogens (tertiary/aromatic N) is 1. The first-order chi connectivity index (χ1) is 7.01. The molecule has 15 heavy (non-hydrogen) atoms. The van der Waals surface area contributed by atoms with Crippen molar-refractivity contribution < 1.29 is 13.5 Å². The molecule has 1 atom stereocenters. The van der Waals surface area contributed by atoms with E-state index in [4.69, 9.17) is 10.8 Å².